The van der Waals surface area contributed by atoms with Gasteiger partial charge in [0.15, 0.2) is 0 Å². The Labute approximate surface area is 90.2 Å². The van der Waals surface area contributed by atoms with Crippen molar-refractivity contribution in [1.82, 2.24) is 20.9 Å². The fourth-order valence-electron chi connectivity index (χ4n) is 0.725. The van der Waals surface area contributed by atoms with Crippen molar-refractivity contribution in [3.63, 3.8) is 0 Å². The van der Waals surface area contributed by atoms with E-state index in [9.17, 15) is 36.5 Å². The number of carbonyl (C=O) groups is 2. The van der Waals surface area contributed by atoms with Gasteiger partial charge in [0.25, 0.3) is 0 Å². The van der Waals surface area contributed by atoms with Crippen molar-refractivity contribution in [2.75, 3.05) is 6.54 Å². The predicted octanol–water partition coefficient (Wildman–Crippen LogP) is 2.13. The SMILES string of the molecule is CC(CN(F)C(=O)N(F)F)N(F)C(=O)N(F)F. The maximum atomic E-state index is 12.7. The summed E-state index contributed by atoms with van der Waals surface area (Å²) in [4.78, 5) is 20.6. The van der Waals surface area contributed by atoms with E-state index >= 15 is 0 Å². The summed E-state index contributed by atoms with van der Waals surface area (Å²) >= 11 is 0. The molecule has 0 spiro atoms. The van der Waals surface area contributed by atoms with Gasteiger partial charge in [0.2, 0.25) is 0 Å². The molecule has 0 rings (SSSR count). The number of rotatable bonds is 3. The maximum absolute atomic E-state index is 12.7. The first-order valence-corrected chi connectivity index (χ1v) is 3.88. The van der Waals surface area contributed by atoms with Crippen LogP contribution in [0.1, 0.15) is 6.92 Å². The summed E-state index contributed by atoms with van der Waals surface area (Å²) in [6.07, 6.45) is 0. The molecule has 0 saturated carbocycles. The highest BCUT2D eigenvalue weighted by atomic mass is 19.4. The van der Waals surface area contributed by atoms with Crippen LogP contribution in [0.3, 0.4) is 0 Å². The third kappa shape index (κ3) is 4.24. The zero-order chi connectivity index (χ0) is 13.7. The van der Waals surface area contributed by atoms with Crippen molar-refractivity contribution in [1.29, 1.82) is 0 Å². The van der Waals surface area contributed by atoms with Crippen LogP contribution in [0.2, 0.25) is 0 Å². The first kappa shape index (κ1) is 15.1. The van der Waals surface area contributed by atoms with Gasteiger partial charge in [0, 0.05) is 10.7 Å². The summed E-state index contributed by atoms with van der Waals surface area (Å²) in [6, 6.07) is -6.73. The number of hydrogen-bond acceptors (Lipinski definition) is 2. The molecule has 1 unspecified atom stereocenters. The van der Waals surface area contributed by atoms with Crippen LogP contribution >= 0.6 is 0 Å². The monoisotopic (exact) mass is 268 g/mol. The van der Waals surface area contributed by atoms with Gasteiger partial charge in [0.05, 0.1) is 12.6 Å². The Morgan fingerprint density at radius 1 is 0.941 bits per heavy atom. The van der Waals surface area contributed by atoms with Crippen molar-refractivity contribution < 1.29 is 36.5 Å². The molecule has 12 heteroatoms. The van der Waals surface area contributed by atoms with Crippen LogP contribution in [0.25, 0.3) is 0 Å². The lowest BCUT2D eigenvalue weighted by Gasteiger charge is -2.21. The van der Waals surface area contributed by atoms with Crippen molar-refractivity contribution in [3.8, 4) is 0 Å². The van der Waals surface area contributed by atoms with Gasteiger partial charge in [0.1, 0.15) is 0 Å². The third-order valence-corrected chi connectivity index (χ3v) is 1.49. The summed E-state index contributed by atoms with van der Waals surface area (Å²) in [6.45, 7) is -0.624. The van der Waals surface area contributed by atoms with Crippen LogP contribution in [0.5, 0.6) is 0 Å². The summed E-state index contributed by atoms with van der Waals surface area (Å²) in [5.41, 5.74) is 0. The van der Waals surface area contributed by atoms with E-state index < -0.39 is 45.6 Å². The molecule has 0 heterocycles. The number of hydrogen-bond donors (Lipinski definition) is 0. The Kier molecular flexibility index (Phi) is 5.34. The molecule has 1 atom stereocenters. The second-order valence-corrected chi connectivity index (χ2v) is 2.74. The van der Waals surface area contributed by atoms with Crippen LogP contribution in [-0.2, 0) is 0 Å². The summed E-state index contributed by atoms with van der Waals surface area (Å²) < 4.78 is 71.5. The zero-order valence-electron chi connectivity index (χ0n) is 8.16. The topological polar surface area (TPSA) is 47.1 Å². The van der Waals surface area contributed by atoms with Gasteiger partial charge in [-0.1, -0.05) is 26.9 Å². The van der Waals surface area contributed by atoms with E-state index in [-0.39, 0.29) is 0 Å². The average molecular weight is 268 g/mol. The third-order valence-electron chi connectivity index (χ3n) is 1.49. The Morgan fingerprint density at radius 3 is 1.71 bits per heavy atom. The number of halogens is 6. The van der Waals surface area contributed by atoms with Crippen LogP contribution in [-0.4, -0.2) is 45.6 Å². The van der Waals surface area contributed by atoms with Crippen molar-refractivity contribution in [3.05, 3.63) is 0 Å². The summed E-state index contributed by atoms with van der Waals surface area (Å²) in [5, 5.41) is -6.50. The minimum Gasteiger partial charge on any atom is -0.240 e. The molecule has 0 aromatic carbocycles. The van der Waals surface area contributed by atoms with Gasteiger partial charge >= 0.3 is 12.1 Å². The zero-order valence-corrected chi connectivity index (χ0v) is 8.16. The Balaban J connectivity index is 4.39. The molecule has 0 aromatic heterocycles. The quantitative estimate of drug-likeness (QED) is 0.581. The molecule has 0 aliphatic heterocycles. The second-order valence-electron chi connectivity index (χ2n) is 2.74. The number of nitrogens with zero attached hydrogens (tertiary/aromatic N) is 4. The van der Waals surface area contributed by atoms with Gasteiger partial charge in [-0.25, -0.2) is 9.59 Å². The van der Waals surface area contributed by atoms with Gasteiger partial charge < -0.3 is 0 Å². The fraction of sp³-hybridized carbons (Fsp3) is 0.600. The normalized spacial score (nSPS) is 11.7. The summed E-state index contributed by atoms with van der Waals surface area (Å²) in [5.74, 6) is 0. The second kappa shape index (κ2) is 6.00. The molecule has 0 fully saturated rings. The highest BCUT2D eigenvalue weighted by Gasteiger charge is 2.31. The molecule has 0 saturated heterocycles. The van der Waals surface area contributed by atoms with Crippen molar-refractivity contribution in [2.24, 2.45) is 0 Å². The van der Waals surface area contributed by atoms with Gasteiger partial charge in [-0.15, -0.1) is 0 Å². The molecule has 4 amide bonds. The lowest BCUT2D eigenvalue weighted by Crippen LogP contribution is -2.43. The van der Waals surface area contributed by atoms with E-state index in [0.717, 1.165) is 6.92 Å². The molecule has 0 aliphatic carbocycles. The minimum absolute atomic E-state index is 0.724. The van der Waals surface area contributed by atoms with E-state index in [0.29, 0.717) is 0 Å². The Morgan fingerprint density at radius 2 is 1.35 bits per heavy atom. The number of amides is 4. The Hall–Kier alpha value is -1.88. The molecule has 6 nitrogen and oxygen atoms in total. The predicted molar refractivity (Wildman–Crippen MR) is 39.1 cm³/mol. The fourth-order valence-corrected chi connectivity index (χ4v) is 0.725. The largest absolute Gasteiger partial charge is 0.406 e. The molecular weight excluding hydrogens is 262 g/mol. The molecule has 100 valence electrons. The number of urea groups is 2. The number of carbonyl (C=O) groups excluding carboxylic acids is 2. The lowest BCUT2D eigenvalue weighted by atomic mass is 10.3. The van der Waals surface area contributed by atoms with E-state index in [4.69, 9.17) is 0 Å². The first-order valence-electron chi connectivity index (χ1n) is 3.88. The van der Waals surface area contributed by atoms with Gasteiger partial charge in [-0.2, -0.15) is 10.2 Å². The highest BCUT2D eigenvalue weighted by molar-refractivity contribution is 5.72. The molecule has 0 aromatic rings. The molecule has 0 radical (unpaired) electrons. The smallest absolute Gasteiger partial charge is 0.240 e. The highest BCUT2D eigenvalue weighted by Crippen LogP contribution is 2.10. The maximum Gasteiger partial charge on any atom is 0.406 e. The Bertz CT molecular complexity index is 290. The van der Waals surface area contributed by atoms with E-state index in [1.165, 1.54) is 0 Å². The molecular formula is C5H6F6N4O2. The van der Waals surface area contributed by atoms with Crippen LogP contribution < -0.4 is 0 Å². The van der Waals surface area contributed by atoms with Crippen molar-refractivity contribution >= 4 is 12.1 Å². The van der Waals surface area contributed by atoms with Crippen LogP contribution in [0.4, 0.5) is 36.5 Å². The lowest BCUT2D eigenvalue weighted by molar-refractivity contribution is -0.147. The van der Waals surface area contributed by atoms with Crippen LogP contribution in [0.15, 0.2) is 0 Å². The minimum atomic E-state index is -2.42. The van der Waals surface area contributed by atoms with Gasteiger partial charge in [-0.05, 0) is 6.92 Å². The molecule has 0 aliphatic rings. The first-order chi connectivity index (χ1) is 7.68. The van der Waals surface area contributed by atoms with Crippen LogP contribution in [0, 0.1) is 0 Å². The standard InChI is InChI=1S/C5H6F6N4O2/c1-3(13(7)5(17)15(10)11)2-12(6)4(16)14(8)9/h3H,2H2,1H3. The van der Waals surface area contributed by atoms with E-state index in [1.807, 2.05) is 0 Å². The average Bonchev–Trinajstić information content (AvgIpc) is 2.25. The van der Waals surface area contributed by atoms with E-state index in [2.05, 4.69) is 0 Å². The molecule has 0 bridgehead atoms. The molecule has 17 heavy (non-hydrogen) atoms. The van der Waals surface area contributed by atoms with Gasteiger partial charge in [-0.3, -0.25) is 0 Å². The molecule has 0 N–H and O–H groups in total. The summed E-state index contributed by atoms with van der Waals surface area (Å²) in [7, 11) is 0. The van der Waals surface area contributed by atoms with E-state index in [1.54, 1.807) is 0 Å². The van der Waals surface area contributed by atoms with Crippen molar-refractivity contribution in [2.45, 2.75) is 13.0 Å².